The molecule has 0 bridgehead atoms. The fourth-order valence-electron chi connectivity index (χ4n) is 7.65. The zero-order valence-electron chi connectivity index (χ0n) is 25.1. The molecule has 1 aromatic carbocycles. The molecule has 4 aliphatic heterocycles. The second-order valence-electron chi connectivity index (χ2n) is 13.4. The number of halogens is 3. The van der Waals surface area contributed by atoms with Gasteiger partial charge in [-0.05, 0) is 70.2 Å². The Morgan fingerprint density at radius 2 is 1.81 bits per heavy atom. The van der Waals surface area contributed by atoms with Crippen molar-refractivity contribution in [3.05, 3.63) is 23.8 Å². The highest BCUT2D eigenvalue weighted by Gasteiger charge is 2.53. The highest BCUT2D eigenvalue weighted by molar-refractivity contribution is 5.75. The molecule has 8 atom stereocenters. The van der Waals surface area contributed by atoms with Crippen molar-refractivity contribution < 1.29 is 28.1 Å². The molecule has 4 unspecified atom stereocenters. The summed E-state index contributed by atoms with van der Waals surface area (Å²) in [5.41, 5.74) is 8.11. The van der Waals surface area contributed by atoms with E-state index in [0.29, 0.717) is 31.8 Å². The summed E-state index contributed by atoms with van der Waals surface area (Å²) in [7, 11) is 2.01. The Morgan fingerprint density at radius 3 is 2.53 bits per heavy atom. The van der Waals surface area contributed by atoms with E-state index in [1.165, 1.54) is 6.07 Å². The number of likely N-dealkylation sites (N-methyl/N-ethyl adjacent to an activating group) is 1. The maximum atomic E-state index is 12.8. The van der Waals surface area contributed by atoms with E-state index in [2.05, 4.69) is 49.8 Å². The number of benzene rings is 1. The lowest BCUT2D eigenvalue weighted by Gasteiger charge is -2.46. The van der Waals surface area contributed by atoms with Gasteiger partial charge >= 0.3 is 6.18 Å². The van der Waals surface area contributed by atoms with Crippen molar-refractivity contribution in [2.75, 3.05) is 37.6 Å². The van der Waals surface area contributed by atoms with Crippen LogP contribution >= 0.6 is 0 Å². The van der Waals surface area contributed by atoms with Crippen LogP contribution in [0, 0.1) is 5.92 Å². The van der Waals surface area contributed by atoms with Gasteiger partial charge in [-0.3, -0.25) is 20.4 Å². The number of hydrogen-bond acceptors (Lipinski definition) is 11. The molecular formula is C29H47F3N8O3. The van der Waals surface area contributed by atoms with Gasteiger partial charge in [-0.15, -0.1) is 0 Å². The summed E-state index contributed by atoms with van der Waals surface area (Å²) >= 11 is 0. The van der Waals surface area contributed by atoms with Gasteiger partial charge in [0.2, 0.25) is 0 Å². The third kappa shape index (κ3) is 6.49. The fourth-order valence-corrected chi connectivity index (χ4v) is 7.65. The van der Waals surface area contributed by atoms with Gasteiger partial charge in [0.1, 0.15) is 24.5 Å². The van der Waals surface area contributed by atoms with Crippen molar-refractivity contribution in [2.24, 2.45) is 11.7 Å². The third-order valence-electron chi connectivity index (χ3n) is 10.00. The van der Waals surface area contributed by atoms with E-state index in [4.69, 9.17) is 10.5 Å². The molecule has 3 saturated heterocycles. The monoisotopic (exact) mass is 612 g/mol. The molecule has 14 heteroatoms. The Morgan fingerprint density at radius 1 is 1.07 bits per heavy atom. The molecule has 0 spiro atoms. The van der Waals surface area contributed by atoms with Gasteiger partial charge in [0.05, 0.1) is 55.7 Å². The summed E-state index contributed by atoms with van der Waals surface area (Å²) < 4.78 is 44.8. The zero-order chi connectivity index (χ0) is 30.6. The first kappa shape index (κ1) is 31.2. The number of nitrogens with one attached hydrogen (secondary N) is 4. The molecule has 43 heavy (non-hydrogen) atoms. The summed E-state index contributed by atoms with van der Waals surface area (Å²) in [6.45, 7) is 5.98. The van der Waals surface area contributed by atoms with Crippen LogP contribution in [0.25, 0.3) is 0 Å². The molecule has 1 saturated carbocycles. The second kappa shape index (κ2) is 12.2. The van der Waals surface area contributed by atoms with Crippen molar-refractivity contribution in [3.8, 4) is 0 Å². The van der Waals surface area contributed by atoms with Gasteiger partial charge < -0.3 is 31.3 Å². The van der Waals surface area contributed by atoms with Gasteiger partial charge in [0.15, 0.2) is 0 Å². The van der Waals surface area contributed by atoms with E-state index in [9.17, 15) is 23.4 Å². The average Bonchev–Trinajstić information content (AvgIpc) is 3.60. The SMILES string of the molecule is CC(C)N(C[C@H]1O[C@@H](N2CNC3C(N)NCN(C)C32)[C@H](O)[C@@H]1O)C1CC(CCC2Nc3ccc(CC(F)(F)F)cc3N2)C1. The Hall–Kier alpha value is -1.75. The average molecular weight is 613 g/mol. The lowest BCUT2D eigenvalue weighted by molar-refractivity contribution is -0.130. The largest absolute Gasteiger partial charge is 0.393 e. The van der Waals surface area contributed by atoms with Gasteiger partial charge in [-0.1, -0.05) is 6.07 Å². The van der Waals surface area contributed by atoms with E-state index in [0.717, 1.165) is 37.1 Å². The topological polar surface area (TPSA) is 134 Å². The van der Waals surface area contributed by atoms with Crippen LogP contribution in [0.3, 0.4) is 0 Å². The van der Waals surface area contributed by atoms with Crippen LogP contribution in [0.15, 0.2) is 18.2 Å². The molecule has 4 heterocycles. The summed E-state index contributed by atoms with van der Waals surface area (Å²) in [5.74, 6) is 0.555. The number of anilines is 2. The van der Waals surface area contributed by atoms with Crippen molar-refractivity contribution in [2.45, 2.75) is 113 Å². The summed E-state index contributed by atoms with van der Waals surface area (Å²) in [4.78, 5) is 6.60. The predicted octanol–water partition coefficient (Wildman–Crippen LogP) is 1.01. The molecule has 1 aliphatic carbocycles. The normalized spacial score (nSPS) is 38.2. The molecule has 6 rings (SSSR count). The third-order valence-corrected chi connectivity index (χ3v) is 10.00. The van der Waals surface area contributed by atoms with Crippen molar-refractivity contribution in [1.29, 1.82) is 0 Å². The molecule has 0 aromatic heterocycles. The van der Waals surface area contributed by atoms with E-state index in [-0.39, 0.29) is 36.1 Å². The smallest absolute Gasteiger partial charge is 0.387 e. The molecule has 11 nitrogen and oxygen atoms in total. The van der Waals surface area contributed by atoms with E-state index in [1.807, 2.05) is 7.05 Å². The molecular weight excluding hydrogens is 565 g/mol. The molecule has 1 aromatic rings. The van der Waals surface area contributed by atoms with Crippen LogP contribution < -0.4 is 27.0 Å². The molecule has 8 N–H and O–H groups in total. The molecule has 5 aliphatic rings. The van der Waals surface area contributed by atoms with Crippen LogP contribution in [0.5, 0.6) is 0 Å². The van der Waals surface area contributed by atoms with Gasteiger partial charge in [0.25, 0.3) is 0 Å². The van der Waals surface area contributed by atoms with Crippen LogP contribution in [0.4, 0.5) is 24.5 Å². The summed E-state index contributed by atoms with van der Waals surface area (Å²) in [6.07, 6.45) is -4.57. The minimum Gasteiger partial charge on any atom is -0.387 e. The van der Waals surface area contributed by atoms with Crippen LogP contribution in [0.2, 0.25) is 0 Å². The minimum absolute atomic E-state index is 0.00469. The fraction of sp³-hybridized carbons (Fsp3) is 0.793. The minimum atomic E-state index is -4.22. The Kier molecular flexibility index (Phi) is 8.87. The quantitative estimate of drug-likeness (QED) is 0.216. The summed E-state index contributed by atoms with van der Waals surface area (Å²) in [6, 6.07) is 5.46. The van der Waals surface area contributed by atoms with Crippen LogP contribution in [0.1, 0.15) is 45.1 Å². The lowest BCUT2D eigenvalue weighted by atomic mass is 9.76. The van der Waals surface area contributed by atoms with Gasteiger partial charge in [-0.25, -0.2) is 4.90 Å². The van der Waals surface area contributed by atoms with Crippen LogP contribution in [-0.4, -0.2) is 119 Å². The second-order valence-corrected chi connectivity index (χ2v) is 13.4. The Bertz CT molecular complexity index is 1120. The highest BCUT2D eigenvalue weighted by Crippen LogP contribution is 2.40. The molecule has 0 radical (unpaired) electrons. The summed E-state index contributed by atoms with van der Waals surface area (Å²) in [5, 5.41) is 35.5. The van der Waals surface area contributed by atoms with Crippen molar-refractivity contribution in [1.82, 2.24) is 25.3 Å². The van der Waals surface area contributed by atoms with Crippen molar-refractivity contribution in [3.63, 3.8) is 0 Å². The number of ether oxygens (including phenoxy) is 1. The number of aliphatic hydroxyl groups is 2. The molecule has 4 fully saturated rings. The highest BCUT2D eigenvalue weighted by atomic mass is 19.4. The number of nitrogens with two attached hydrogens (primary N) is 1. The first-order valence-electron chi connectivity index (χ1n) is 15.6. The Balaban J connectivity index is 0.983. The van der Waals surface area contributed by atoms with Gasteiger partial charge in [0, 0.05) is 18.6 Å². The van der Waals surface area contributed by atoms with E-state index < -0.39 is 37.1 Å². The molecule has 0 amide bonds. The number of rotatable bonds is 9. The van der Waals surface area contributed by atoms with Crippen LogP contribution in [-0.2, 0) is 11.2 Å². The Labute approximate surface area is 251 Å². The molecule has 242 valence electrons. The van der Waals surface area contributed by atoms with E-state index in [1.54, 1.807) is 12.1 Å². The predicted molar refractivity (Wildman–Crippen MR) is 157 cm³/mol. The maximum Gasteiger partial charge on any atom is 0.393 e. The van der Waals surface area contributed by atoms with E-state index >= 15 is 0 Å². The first-order valence-corrected chi connectivity index (χ1v) is 15.6. The number of aliphatic hydroxyl groups excluding tert-OH is 2. The lowest BCUT2D eigenvalue weighted by Crippen LogP contribution is -2.68. The first-order chi connectivity index (χ1) is 20.4. The number of nitrogens with zero attached hydrogens (tertiary/aromatic N) is 3. The maximum absolute atomic E-state index is 12.8. The standard InChI is InChI=1S/C29H47F3N8O3/c1-15(2)39(12-21-24(41)25(42)28(43-21)40-14-34-23-26(33)35-13-38(3)27(23)40)18-8-16(9-18)5-7-22-36-19-6-4-17(10-20(19)37-22)11-29(30,31)32/h4,6,10,15-16,18,21-28,34-37,41-42H,5,7-9,11-14,33H2,1-3H3/t16?,18?,21-,22?,23?,24-,25-,26?,27?,28-/m1/s1. The number of hydrogen-bond donors (Lipinski definition) is 7. The van der Waals surface area contributed by atoms with Gasteiger partial charge in [-0.2, -0.15) is 13.2 Å². The number of alkyl halides is 3. The van der Waals surface area contributed by atoms with Crippen molar-refractivity contribution >= 4 is 11.4 Å². The number of fused-ring (bicyclic) bond motifs is 2. The zero-order valence-corrected chi connectivity index (χ0v) is 25.1.